The summed E-state index contributed by atoms with van der Waals surface area (Å²) in [5.74, 6) is 0. The maximum absolute atomic E-state index is 12.6. The van der Waals surface area contributed by atoms with Gasteiger partial charge in [-0.3, -0.25) is 0 Å². The highest BCUT2D eigenvalue weighted by atomic mass is 15.0. The Balaban J connectivity index is 0.926. The number of benzene rings is 14. The van der Waals surface area contributed by atoms with Crippen LogP contribution in [0.1, 0.15) is 5.56 Å². The molecular weight excluding hydrogens is 1170 g/mol. The van der Waals surface area contributed by atoms with E-state index in [0.29, 0.717) is 5.56 Å². The number of nitrogens with zero attached hydrogens (tertiary/aromatic N) is 6. The van der Waals surface area contributed by atoms with Gasteiger partial charge >= 0.3 is 0 Å². The molecule has 5 aromatic heterocycles. The molecule has 0 saturated heterocycles. The van der Waals surface area contributed by atoms with E-state index in [9.17, 15) is 5.26 Å². The summed E-state index contributed by atoms with van der Waals surface area (Å²) in [6.45, 7) is 0. The minimum absolute atomic E-state index is 0.540. The number of hydrogen-bond donors (Lipinski definition) is 0. The summed E-state index contributed by atoms with van der Waals surface area (Å²) >= 11 is 0. The third kappa shape index (κ3) is 8.48. The highest BCUT2D eigenvalue weighted by molar-refractivity contribution is 6.14. The number of hydrogen-bond acceptors (Lipinski definition) is 2. The molecule has 0 aliphatic heterocycles. The number of fused-ring (bicyclic) bond motifs is 12. The van der Waals surface area contributed by atoms with Gasteiger partial charge < -0.3 is 18.3 Å². The van der Waals surface area contributed by atoms with E-state index in [1.165, 1.54) is 43.1 Å². The standard InChI is InChI=1S/C90H56N6/c91-57-75-86(59-41-49-63(50-42-59)93-78-33-12-4-23-67(78)68-24-5-13-34-79(68)93)88(61-45-53-65(54-46-61)95-82-37-16-8-27-71(82)72-28-9-17-38-83(72)95)89(62-47-55-66(56-48-62)96-84-39-18-10-29-73(84)74-30-11-19-40-85(74)96)90(77-32-20-31-76(92-77)58-21-2-1-3-22-58)87(75)60-43-51-64(52-44-60)94-80-35-14-6-25-69(80)70-26-7-15-36-81(70)94/h1-56H. The summed E-state index contributed by atoms with van der Waals surface area (Å²) in [4.78, 5) is 5.72. The zero-order valence-electron chi connectivity index (χ0n) is 52.0. The zero-order chi connectivity index (χ0) is 63.4. The Morgan fingerprint density at radius 1 is 0.198 bits per heavy atom. The molecule has 0 amide bonds. The average molecular weight is 1220 g/mol. The number of aromatic nitrogens is 5. The molecule has 446 valence electrons. The van der Waals surface area contributed by atoms with Crippen LogP contribution in [0.15, 0.2) is 340 Å². The van der Waals surface area contributed by atoms with Crippen LogP contribution in [0.4, 0.5) is 0 Å². The molecule has 19 aromatic rings. The average Bonchev–Trinajstić information content (AvgIpc) is 1.03. The first-order chi connectivity index (χ1) is 47.6. The smallest absolute Gasteiger partial charge is 0.100 e. The van der Waals surface area contributed by atoms with Gasteiger partial charge in [0.2, 0.25) is 0 Å². The van der Waals surface area contributed by atoms with Crippen LogP contribution >= 0.6 is 0 Å². The van der Waals surface area contributed by atoms with Crippen molar-refractivity contribution in [3.05, 3.63) is 345 Å². The van der Waals surface area contributed by atoms with Crippen LogP contribution < -0.4 is 0 Å². The molecule has 0 saturated carbocycles. The van der Waals surface area contributed by atoms with Crippen molar-refractivity contribution in [1.82, 2.24) is 23.3 Å². The van der Waals surface area contributed by atoms with Gasteiger partial charge in [-0.15, -0.1) is 0 Å². The minimum atomic E-state index is 0.540. The highest BCUT2D eigenvalue weighted by Gasteiger charge is 2.31. The van der Waals surface area contributed by atoms with Crippen LogP contribution in [0.2, 0.25) is 0 Å². The normalized spacial score (nSPS) is 11.7. The van der Waals surface area contributed by atoms with E-state index in [0.717, 1.165) is 134 Å². The van der Waals surface area contributed by atoms with E-state index >= 15 is 0 Å². The van der Waals surface area contributed by atoms with E-state index in [1.807, 2.05) is 6.07 Å². The van der Waals surface area contributed by atoms with Crippen molar-refractivity contribution in [3.8, 4) is 95.8 Å². The van der Waals surface area contributed by atoms with Gasteiger partial charge in [0.1, 0.15) is 6.07 Å². The molecule has 19 rings (SSSR count). The molecule has 0 bridgehead atoms. The molecule has 0 unspecified atom stereocenters. The second kappa shape index (κ2) is 22.1. The summed E-state index contributed by atoms with van der Waals surface area (Å²) in [6.07, 6.45) is 0. The lowest BCUT2D eigenvalue weighted by atomic mass is 9.76. The Morgan fingerprint density at radius 3 is 0.729 bits per heavy atom. The van der Waals surface area contributed by atoms with Crippen LogP contribution in [0.25, 0.3) is 177 Å². The minimum Gasteiger partial charge on any atom is -0.309 e. The molecule has 0 spiro atoms. The van der Waals surface area contributed by atoms with E-state index < -0.39 is 0 Å². The fourth-order valence-corrected chi connectivity index (χ4v) is 15.5. The summed E-state index contributed by atoms with van der Waals surface area (Å²) in [5, 5.41) is 22.2. The summed E-state index contributed by atoms with van der Waals surface area (Å²) in [5.41, 5.74) is 24.3. The van der Waals surface area contributed by atoms with Crippen molar-refractivity contribution >= 4 is 87.2 Å². The van der Waals surface area contributed by atoms with Crippen molar-refractivity contribution in [2.45, 2.75) is 0 Å². The van der Waals surface area contributed by atoms with E-state index in [1.54, 1.807) is 0 Å². The van der Waals surface area contributed by atoms with Gasteiger partial charge in [-0.2, -0.15) is 5.26 Å². The Kier molecular flexibility index (Phi) is 12.6. The zero-order valence-corrected chi connectivity index (χ0v) is 52.0. The van der Waals surface area contributed by atoms with E-state index in [2.05, 4.69) is 358 Å². The van der Waals surface area contributed by atoms with E-state index in [-0.39, 0.29) is 0 Å². The number of rotatable bonds is 10. The summed E-state index contributed by atoms with van der Waals surface area (Å²) in [6, 6.07) is 125. The molecule has 5 heterocycles. The molecule has 0 aliphatic rings. The van der Waals surface area contributed by atoms with Crippen molar-refractivity contribution in [2.75, 3.05) is 0 Å². The fraction of sp³-hybridized carbons (Fsp3) is 0. The number of para-hydroxylation sites is 8. The monoisotopic (exact) mass is 1220 g/mol. The molecule has 14 aromatic carbocycles. The van der Waals surface area contributed by atoms with Gasteiger partial charge in [0.15, 0.2) is 0 Å². The van der Waals surface area contributed by atoms with Crippen LogP contribution in [0.5, 0.6) is 0 Å². The van der Waals surface area contributed by atoms with Gasteiger partial charge in [0.25, 0.3) is 0 Å². The second-order valence-corrected chi connectivity index (χ2v) is 24.8. The molecule has 0 atom stereocenters. The first-order valence-electron chi connectivity index (χ1n) is 32.7. The van der Waals surface area contributed by atoms with Crippen LogP contribution in [-0.2, 0) is 0 Å². The van der Waals surface area contributed by atoms with Gasteiger partial charge in [-0.25, -0.2) is 4.98 Å². The second-order valence-electron chi connectivity index (χ2n) is 24.8. The topological polar surface area (TPSA) is 56.4 Å². The molecular formula is C90H56N6. The first-order valence-corrected chi connectivity index (χ1v) is 32.7. The maximum Gasteiger partial charge on any atom is 0.100 e. The van der Waals surface area contributed by atoms with Gasteiger partial charge in [0.05, 0.1) is 61.1 Å². The molecule has 0 aliphatic carbocycles. The van der Waals surface area contributed by atoms with Gasteiger partial charge in [0, 0.05) is 93.7 Å². The Hall–Kier alpha value is -13.1. The predicted octanol–water partition coefficient (Wildman–Crippen LogP) is 23.3. The highest BCUT2D eigenvalue weighted by Crippen LogP contribution is 2.54. The van der Waals surface area contributed by atoms with Gasteiger partial charge in [-0.1, -0.05) is 231 Å². The molecule has 0 radical (unpaired) electrons. The van der Waals surface area contributed by atoms with Crippen molar-refractivity contribution < 1.29 is 0 Å². The lowest BCUT2D eigenvalue weighted by Crippen LogP contribution is -2.04. The lowest BCUT2D eigenvalue weighted by molar-refractivity contribution is 1.18. The Labute approximate surface area is 553 Å². The molecule has 96 heavy (non-hydrogen) atoms. The van der Waals surface area contributed by atoms with Crippen molar-refractivity contribution in [3.63, 3.8) is 0 Å². The van der Waals surface area contributed by atoms with Crippen LogP contribution in [0.3, 0.4) is 0 Å². The summed E-state index contributed by atoms with van der Waals surface area (Å²) < 4.78 is 9.46. The number of pyridine rings is 1. The van der Waals surface area contributed by atoms with Gasteiger partial charge in [-0.05, 0) is 137 Å². The first kappa shape index (κ1) is 54.6. The van der Waals surface area contributed by atoms with Crippen molar-refractivity contribution in [1.29, 1.82) is 5.26 Å². The summed E-state index contributed by atoms with van der Waals surface area (Å²) in [7, 11) is 0. The predicted molar refractivity (Wildman–Crippen MR) is 399 cm³/mol. The molecule has 0 fully saturated rings. The largest absolute Gasteiger partial charge is 0.309 e. The molecule has 0 N–H and O–H groups in total. The Bertz CT molecular complexity index is 6140. The molecule has 6 nitrogen and oxygen atoms in total. The SMILES string of the molecule is N#Cc1c(-c2ccc(-n3c4ccccc4c4ccccc43)cc2)c(-c2ccc(-n3c4ccccc4c4ccccc43)cc2)c(-c2ccc(-n3c4ccccc4c4ccccc43)cc2)c(-c2cccc(-c3ccccc3)n2)c1-c1ccc(-n2c3ccccc3c3ccccc32)cc1. The lowest BCUT2D eigenvalue weighted by Gasteiger charge is -2.26. The number of nitriles is 1. The quantitative estimate of drug-likeness (QED) is 0.137. The van der Waals surface area contributed by atoms with Crippen molar-refractivity contribution in [2.24, 2.45) is 0 Å². The third-order valence-corrected chi connectivity index (χ3v) is 19.7. The Morgan fingerprint density at radius 2 is 0.438 bits per heavy atom. The van der Waals surface area contributed by atoms with E-state index in [4.69, 9.17) is 4.98 Å². The van der Waals surface area contributed by atoms with Crippen LogP contribution in [0, 0.1) is 11.3 Å². The maximum atomic E-state index is 12.6. The third-order valence-electron chi connectivity index (χ3n) is 19.7. The fourth-order valence-electron chi connectivity index (χ4n) is 15.5. The molecule has 6 heteroatoms. The van der Waals surface area contributed by atoms with Crippen LogP contribution in [-0.4, -0.2) is 23.3 Å².